The average Bonchev–Trinajstić information content (AvgIpc) is 3.41. The zero-order valence-corrected chi connectivity index (χ0v) is 22.2. The van der Waals surface area contributed by atoms with E-state index >= 15 is 0 Å². The van der Waals surface area contributed by atoms with Gasteiger partial charge in [-0.3, -0.25) is 18.9 Å². The molecule has 204 valence electrons. The quantitative estimate of drug-likeness (QED) is 0.357. The third-order valence-corrected chi connectivity index (χ3v) is 7.55. The second-order valence-electron chi connectivity index (χ2n) is 9.99. The van der Waals surface area contributed by atoms with Gasteiger partial charge < -0.3 is 19.7 Å². The van der Waals surface area contributed by atoms with Crippen molar-refractivity contribution in [1.82, 2.24) is 29.4 Å². The Hall–Kier alpha value is -4.77. The Balaban J connectivity index is 1.43. The first-order chi connectivity index (χ1) is 19.3. The number of piperazine rings is 1. The topological polar surface area (TPSA) is 116 Å². The van der Waals surface area contributed by atoms with Crippen molar-refractivity contribution in [3.05, 3.63) is 87.5 Å². The molecule has 0 bridgehead atoms. The van der Waals surface area contributed by atoms with E-state index in [4.69, 9.17) is 4.74 Å². The van der Waals surface area contributed by atoms with Crippen LogP contribution in [0, 0.1) is 12.7 Å². The van der Waals surface area contributed by atoms with Crippen LogP contribution in [0.5, 0.6) is 11.5 Å². The van der Waals surface area contributed by atoms with E-state index in [0.717, 1.165) is 18.2 Å². The van der Waals surface area contributed by atoms with Crippen molar-refractivity contribution in [2.45, 2.75) is 13.0 Å². The van der Waals surface area contributed by atoms with E-state index in [1.165, 1.54) is 17.6 Å². The number of halogens is 1. The number of aromatic hydroxyl groups is 1. The molecular formula is C29H27FN6O4. The maximum atomic E-state index is 14.5. The fraction of sp³-hybridized carbons (Fsp3) is 0.241. The molecule has 5 aromatic rings. The second kappa shape index (κ2) is 9.76. The highest BCUT2D eigenvalue weighted by Gasteiger charge is 2.30. The summed E-state index contributed by atoms with van der Waals surface area (Å²) in [5.74, 6) is -1.54. The number of carbonyl (C=O) groups excluding carboxylic acids is 1. The van der Waals surface area contributed by atoms with Gasteiger partial charge in [0.25, 0.3) is 11.5 Å². The Labute approximate surface area is 228 Å². The molecule has 0 aliphatic carbocycles. The van der Waals surface area contributed by atoms with Crippen LogP contribution < -0.4 is 10.3 Å². The van der Waals surface area contributed by atoms with Gasteiger partial charge in [0.2, 0.25) is 5.65 Å². The molecule has 11 heteroatoms. The van der Waals surface area contributed by atoms with Crippen molar-refractivity contribution in [1.29, 1.82) is 0 Å². The molecule has 0 spiro atoms. The van der Waals surface area contributed by atoms with E-state index in [2.05, 4.69) is 39.3 Å². The Bertz CT molecular complexity index is 1830. The van der Waals surface area contributed by atoms with Crippen LogP contribution in [0.4, 0.5) is 4.39 Å². The van der Waals surface area contributed by atoms with Gasteiger partial charge >= 0.3 is 0 Å². The normalized spacial score (nSPS) is 16.1. The highest BCUT2D eigenvalue weighted by atomic mass is 19.1. The average molecular weight is 543 g/mol. The number of hydrogen-bond acceptors (Lipinski definition) is 7. The number of aromatic nitrogens is 4. The molecule has 2 N–H and O–H groups in total. The van der Waals surface area contributed by atoms with E-state index in [-0.39, 0.29) is 34.7 Å². The minimum atomic E-state index is -0.898. The number of ether oxygens (including phenoxy) is 1. The molecule has 0 radical (unpaired) electrons. The number of methoxy groups -OCH3 is 1. The molecule has 10 nitrogen and oxygen atoms in total. The summed E-state index contributed by atoms with van der Waals surface area (Å²) in [6.45, 7) is 3.68. The highest BCUT2D eigenvalue weighted by molar-refractivity contribution is 5.99. The van der Waals surface area contributed by atoms with Crippen LogP contribution in [0.1, 0.15) is 27.5 Å². The number of H-pyrrole nitrogens is 1. The van der Waals surface area contributed by atoms with Gasteiger partial charge in [-0.1, -0.05) is 30.3 Å². The van der Waals surface area contributed by atoms with Crippen molar-refractivity contribution in [2.75, 3.05) is 33.8 Å². The minimum Gasteiger partial charge on any atom is -0.502 e. The van der Waals surface area contributed by atoms with Gasteiger partial charge in [0.15, 0.2) is 23.1 Å². The van der Waals surface area contributed by atoms with Gasteiger partial charge in [0.05, 0.1) is 24.2 Å². The minimum absolute atomic E-state index is 0.0122. The molecule has 1 fully saturated rings. The highest BCUT2D eigenvalue weighted by Crippen LogP contribution is 2.35. The first-order valence-electron chi connectivity index (χ1n) is 12.8. The predicted molar refractivity (Wildman–Crippen MR) is 147 cm³/mol. The first-order valence-corrected chi connectivity index (χ1v) is 12.8. The molecule has 0 saturated carbocycles. The first kappa shape index (κ1) is 25.5. The van der Waals surface area contributed by atoms with Gasteiger partial charge in [-0.25, -0.2) is 4.39 Å². The lowest BCUT2D eigenvalue weighted by Crippen LogP contribution is -2.49. The molecule has 1 aliphatic heterocycles. The Kier molecular flexibility index (Phi) is 6.22. The van der Waals surface area contributed by atoms with E-state index in [1.54, 1.807) is 12.1 Å². The largest absolute Gasteiger partial charge is 0.502 e. The fourth-order valence-corrected chi connectivity index (χ4v) is 5.36. The molecule has 3 heterocycles. The molecule has 40 heavy (non-hydrogen) atoms. The number of aryl methyl sites for hydroxylation is 1. The number of carbonyl (C=O) groups is 1. The molecular weight excluding hydrogens is 515 g/mol. The summed E-state index contributed by atoms with van der Waals surface area (Å²) in [5, 5.41) is 18.1. The summed E-state index contributed by atoms with van der Waals surface area (Å²) in [4.78, 5) is 33.6. The Morgan fingerprint density at radius 3 is 2.65 bits per heavy atom. The number of benzene rings is 3. The number of nitrogens with one attached hydrogen (secondary N) is 1. The van der Waals surface area contributed by atoms with Crippen LogP contribution in [0.25, 0.3) is 28.1 Å². The summed E-state index contributed by atoms with van der Waals surface area (Å²) < 4.78 is 21.1. The Morgan fingerprint density at radius 1 is 1.12 bits per heavy atom. The molecule has 2 aromatic heterocycles. The molecule has 1 atom stereocenters. The lowest BCUT2D eigenvalue weighted by Gasteiger charge is -2.40. The number of phenolic OH excluding ortho intramolecular Hbond substituents is 1. The molecule has 1 amide bonds. The molecule has 1 saturated heterocycles. The van der Waals surface area contributed by atoms with Crippen molar-refractivity contribution in [3.63, 3.8) is 0 Å². The number of rotatable bonds is 4. The van der Waals surface area contributed by atoms with Crippen molar-refractivity contribution in [3.8, 4) is 22.9 Å². The maximum Gasteiger partial charge on any atom is 0.294 e. The summed E-state index contributed by atoms with van der Waals surface area (Å²) in [6, 6.07) is 16.2. The lowest BCUT2D eigenvalue weighted by molar-refractivity contribution is 0.0545. The molecule has 3 aromatic carbocycles. The van der Waals surface area contributed by atoms with Crippen molar-refractivity contribution >= 4 is 22.6 Å². The number of likely N-dealkylation sites (N-methyl/N-ethyl adjacent to an activating group) is 1. The smallest absolute Gasteiger partial charge is 0.294 e. The van der Waals surface area contributed by atoms with Gasteiger partial charge in [0.1, 0.15) is 0 Å². The zero-order chi connectivity index (χ0) is 28.1. The van der Waals surface area contributed by atoms with Gasteiger partial charge in [0, 0.05) is 30.8 Å². The van der Waals surface area contributed by atoms with Crippen LogP contribution in [0.3, 0.4) is 0 Å². The molecule has 1 unspecified atom stereocenters. The van der Waals surface area contributed by atoms with Crippen LogP contribution in [0.15, 0.2) is 59.4 Å². The summed E-state index contributed by atoms with van der Waals surface area (Å²) >= 11 is 0. The number of fused-ring (bicyclic) bond motifs is 3. The van der Waals surface area contributed by atoms with E-state index in [9.17, 15) is 19.1 Å². The maximum absolute atomic E-state index is 14.5. The van der Waals surface area contributed by atoms with E-state index < -0.39 is 17.1 Å². The van der Waals surface area contributed by atoms with Gasteiger partial charge in [-0.05, 0) is 49.4 Å². The predicted octanol–water partition coefficient (Wildman–Crippen LogP) is 3.53. The van der Waals surface area contributed by atoms with Crippen LogP contribution in [0.2, 0.25) is 0 Å². The van der Waals surface area contributed by atoms with Gasteiger partial charge in [-0.15, -0.1) is 10.2 Å². The van der Waals surface area contributed by atoms with Crippen LogP contribution >= 0.6 is 0 Å². The molecule has 6 rings (SSSR count). The molecule has 1 aliphatic rings. The monoisotopic (exact) mass is 542 g/mol. The number of amides is 1. The van der Waals surface area contributed by atoms with Gasteiger partial charge in [-0.2, -0.15) is 0 Å². The third kappa shape index (κ3) is 4.15. The standard InChI is InChI=1S/C29H27FN6O4/c1-16-11-22-21(14-19(16)29(39)35-10-9-34(2)23(15-35)17-7-5-4-6-8-17)31-28(38)27-33-32-26(36(22)27)18-12-20(30)25(37)24(13-18)40-3/h4-8,11-14,23,37H,9-10,15H2,1-3H3,(H,31,38). The summed E-state index contributed by atoms with van der Waals surface area (Å²) in [5.41, 5.74) is 3.03. The van der Waals surface area contributed by atoms with Crippen LogP contribution in [-0.2, 0) is 0 Å². The fourth-order valence-electron chi connectivity index (χ4n) is 5.36. The van der Waals surface area contributed by atoms with E-state index in [0.29, 0.717) is 35.2 Å². The second-order valence-corrected chi connectivity index (χ2v) is 9.99. The summed E-state index contributed by atoms with van der Waals surface area (Å²) in [7, 11) is 3.37. The van der Waals surface area contributed by atoms with E-state index in [1.807, 2.05) is 30.0 Å². The SMILES string of the molecule is COc1cc(-c2nnc3c(=O)[nH]c4cc(C(=O)N5CCN(C)C(c6ccccc6)C5)c(C)cc4n23)cc(F)c1O. The Morgan fingerprint density at radius 2 is 1.90 bits per heavy atom. The number of nitrogens with zero attached hydrogens (tertiary/aromatic N) is 5. The third-order valence-electron chi connectivity index (χ3n) is 7.55. The van der Waals surface area contributed by atoms with Crippen LogP contribution in [-0.4, -0.2) is 74.2 Å². The number of aromatic amines is 1. The van der Waals surface area contributed by atoms with Crippen molar-refractivity contribution < 1.29 is 19.0 Å². The lowest BCUT2D eigenvalue weighted by atomic mass is 10.0. The number of phenols is 1. The van der Waals surface area contributed by atoms with Crippen molar-refractivity contribution in [2.24, 2.45) is 0 Å². The number of hydrogen-bond donors (Lipinski definition) is 2. The zero-order valence-electron chi connectivity index (χ0n) is 22.2. The summed E-state index contributed by atoms with van der Waals surface area (Å²) in [6.07, 6.45) is 0.